The molecule has 2 heterocycles. The van der Waals surface area contributed by atoms with Gasteiger partial charge in [-0.2, -0.15) is 0 Å². The maximum Gasteiger partial charge on any atom is 0.426 e. The molecule has 0 fully saturated rings. The molecule has 0 saturated heterocycles. The van der Waals surface area contributed by atoms with E-state index in [9.17, 15) is 19.2 Å². The lowest BCUT2D eigenvalue weighted by atomic mass is 10.2. The molecule has 240 valence electrons. The van der Waals surface area contributed by atoms with Crippen LogP contribution in [0.1, 0.15) is 62.7 Å². The minimum absolute atomic E-state index is 0.0381. The molecule has 0 saturated carbocycles. The summed E-state index contributed by atoms with van der Waals surface area (Å²) in [6, 6.07) is 25.1. The number of amides is 3. The summed E-state index contributed by atoms with van der Waals surface area (Å²) in [6.45, 7) is 10.5. The number of furan rings is 2. The Hall–Kier alpha value is -5.56. The molecule has 13 heteroatoms. The number of nitrogens with one attached hydrogen (secondary N) is 3. The van der Waals surface area contributed by atoms with Crippen molar-refractivity contribution >= 4 is 24.1 Å². The molecule has 0 bridgehead atoms. The number of hydrogen-bond acceptors (Lipinski definition) is 9. The first-order chi connectivity index (χ1) is 21.1. The van der Waals surface area contributed by atoms with Crippen LogP contribution in [0.4, 0.5) is 9.59 Å². The number of ether oxygens (including phenoxy) is 2. The molecular weight excluding hydrogens is 584 g/mol. The van der Waals surface area contributed by atoms with E-state index >= 15 is 0 Å². The summed E-state index contributed by atoms with van der Waals surface area (Å²) in [5.74, 6) is 4.34. The Morgan fingerprint density at radius 3 is 1.42 bits per heavy atom. The Morgan fingerprint density at radius 1 is 0.622 bits per heavy atom. The monoisotopic (exact) mass is 622 g/mol. The van der Waals surface area contributed by atoms with Gasteiger partial charge in [-0.1, -0.05) is 60.7 Å². The number of hydrazine groups is 2. The quantitative estimate of drug-likeness (QED) is 0.100. The van der Waals surface area contributed by atoms with Crippen molar-refractivity contribution in [2.45, 2.75) is 52.7 Å². The lowest BCUT2D eigenvalue weighted by Crippen LogP contribution is -2.44. The fraction of sp³-hybridized carbons (Fsp3) is 0.250. The summed E-state index contributed by atoms with van der Waals surface area (Å²) in [7, 11) is 0. The van der Waals surface area contributed by atoms with Crippen LogP contribution < -0.4 is 22.1 Å². The van der Waals surface area contributed by atoms with Crippen LogP contribution >= 0.6 is 0 Å². The van der Waals surface area contributed by atoms with E-state index in [2.05, 4.69) is 10.9 Å². The van der Waals surface area contributed by atoms with Gasteiger partial charge < -0.3 is 23.4 Å². The van der Waals surface area contributed by atoms with Gasteiger partial charge in [0.2, 0.25) is 5.76 Å². The minimum Gasteiger partial charge on any atom is -0.475 e. The highest BCUT2D eigenvalue weighted by molar-refractivity contribution is 5.93. The lowest BCUT2D eigenvalue weighted by molar-refractivity contribution is 0.0479. The van der Waals surface area contributed by atoms with E-state index in [1.54, 1.807) is 53.7 Å². The van der Waals surface area contributed by atoms with E-state index in [-0.39, 0.29) is 11.5 Å². The van der Waals surface area contributed by atoms with Gasteiger partial charge in [0.25, 0.3) is 0 Å². The van der Waals surface area contributed by atoms with Gasteiger partial charge in [0.15, 0.2) is 5.76 Å². The summed E-state index contributed by atoms with van der Waals surface area (Å²) in [5.41, 5.74) is 6.88. The van der Waals surface area contributed by atoms with Gasteiger partial charge >= 0.3 is 24.1 Å². The van der Waals surface area contributed by atoms with Crippen LogP contribution in [0.2, 0.25) is 0 Å². The molecule has 0 radical (unpaired) electrons. The molecule has 0 atom stereocenters. The number of rotatable bonds is 4. The topological polar surface area (TPSA) is 195 Å². The van der Waals surface area contributed by atoms with Crippen LogP contribution in [0.15, 0.2) is 93.8 Å². The number of nitrogens with two attached hydrogens (primary N) is 1. The second-order valence-corrected chi connectivity index (χ2v) is 11.1. The minimum atomic E-state index is -1.05. The SMILES string of the molecule is CC(C)(C)OC(=O)NN.CC(C)(C)OC(=O)NNC(=O)c1ccc(-c2ccccc2)o1.O=C(O)c1ccc(-c2ccccc2)o1. The molecular formula is C32H38N4O9. The van der Waals surface area contributed by atoms with E-state index < -0.39 is 35.3 Å². The fourth-order valence-electron chi connectivity index (χ4n) is 3.21. The first-order valence-corrected chi connectivity index (χ1v) is 13.6. The summed E-state index contributed by atoms with van der Waals surface area (Å²) in [4.78, 5) is 44.2. The largest absolute Gasteiger partial charge is 0.475 e. The summed E-state index contributed by atoms with van der Waals surface area (Å²) >= 11 is 0. The average Bonchev–Trinajstić information content (AvgIpc) is 3.67. The van der Waals surface area contributed by atoms with Crippen molar-refractivity contribution in [3.63, 3.8) is 0 Å². The molecule has 45 heavy (non-hydrogen) atoms. The molecule has 0 aliphatic heterocycles. The summed E-state index contributed by atoms with van der Waals surface area (Å²) in [6.07, 6.45) is -1.35. The first kappa shape index (κ1) is 35.6. The number of carbonyl (C=O) groups excluding carboxylic acids is 3. The van der Waals surface area contributed by atoms with E-state index in [0.29, 0.717) is 11.5 Å². The summed E-state index contributed by atoms with van der Waals surface area (Å²) in [5, 5.41) is 8.65. The maximum absolute atomic E-state index is 11.9. The number of carbonyl (C=O) groups is 4. The van der Waals surface area contributed by atoms with Crippen LogP contribution in [-0.2, 0) is 9.47 Å². The van der Waals surface area contributed by atoms with Crippen LogP contribution in [0.5, 0.6) is 0 Å². The molecule has 0 aliphatic carbocycles. The maximum atomic E-state index is 11.9. The van der Waals surface area contributed by atoms with Crippen molar-refractivity contribution in [1.29, 1.82) is 0 Å². The van der Waals surface area contributed by atoms with Crippen molar-refractivity contribution in [2.24, 2.45) is 5.84 Å². The van der Waals surface area contributed by atoms with Crippen LogP contribution in [0.3, 0.4) is 0 Å². The molecule has 0 unspecified atom stereocenters. The highest BCUT2D eigenvalue weighted by atomic mass is 16.6. The van der Waals surface area contributed by atoms with E-state index in [0.717, 1.165) is 11.1 Å². The zero-order valence-electron chi connectivity index (χ0n) is 25.9. The highest BCUT2D eigenvalue weighted by Crippen LogP contribution is 2.22. The second-order valence-electron chi connectivity index (χ2n) is 11.1. The lowest BCUT2D eigenvalue weighted by Gasteiger charge is -2.19. The molecule has 3 amide bonds. The molecule has 4 aromatic rings. The average molecular weight is 623 g/mol. The second kappa shape index (κ2) is 16.3. The number of carboxylic acid groups (broad SMARTS) is 1. The third kappa shape index (κ3) is 13.5. The third-order valence-corrected chi connectivity index (χ3v) is 4.96. The van der Waals surface area contributed by atoms with Crippen molar-refractivity contribution in [1.82, 2.24) is 16.3 Å². The Labute approximate surface area is 260 Å². The molecule has 6 N–H and O–H groups in total. The van der Waals surface area contributed by atoms with Gasteiger partial charge in [-0.15, -0.1) is 0 Å². The highest BCUT2D eigenvalue weighted by Gasteiger charge is 2.18. The van der Waals surface area contributed by atoms with Crippen LogP contribution in [0.25, 0.3) is 22.6 Å². The Kier molecular flexibility index (Phi) is 12.9. The number of hydrogen-bond donors (Lipinski definition) is 5. The molecule has 13 nitrogen and oxygen atoms in total. The number of benzene rings is 2. The Morgan fingerprint density at radius 2 is 1.04 bits per heavy atom. The zero-order valence-corrected chi connectivity index (χ0v) is 25.9. The fourth-order valence-corrected chi connectivity index (χ4v) is 3.21. The van der Waals surface area contributed by atoms with Crippen molar-refractivity contribution in [3.05, 3.63) is 96.4 Å². The van der Waals surface area contributed by atoms with Gasteiger partial charge in [-0.05, 0) is 65.8 Å². The van der Waals surface area contributed by atoms with Gasteiger partial charge in [0.05, 0.1) is 0 Å². The van der Waals surface area contributed by atoms with Crippen molar-refractivity contribution in [3.8, 4) is 22.6 Å². The predicted octanol–water partition coefficient (Wildman–Crippen LogP) is 6.15. The van der Waals surface area contributed by atoms with E-state index in [4.69, 9.17) is 29.3 Å². The molecule has 2 aromatic carbocycles. The van der Waals surface area contributed by atoms with Crippen LogP contribution in [0, 0.1) is 0 Å². The Bertz CT molecular complexity index is 1530. The van der Waals surface area contributed by atoms with Crippen LogP contribution in [-0.4, -0.2) is 40.4 Å². The number of aromatic carboxylic acids is 1. The summed E-state index contributed by atoms with van der Waals surface area (Å²) < 4.78 is 20.3. The van der Waals surface area contributed by atoms with Gasteiger partial charge in [0, 0.05) is 11.1 Å². The normalized spacial score (nSPS) is 10.6. The Balaban J connectivity index is 0.000000262. The third-order valence-electron chi connectivity index (χ3n) is 4.96. The molecule has 0 aliphatic rings. The smallest absolute Gasteiger partial charge is 0.426 e. The first-order valence-electron chi connectivity index (χ1n) is 13.6. The molecule has 2 aromatic heterocycles. The van der Waals surface area contributed by atoms with Gasteiger partial charge in [0.1, 0.15) is 22.7 Å². The zero-order chi connectivity index (χ0) is 33.6. The molecule has 4 rings (SSSR count). The van der Waals surface area contributed by atoms with E-state index in [1.165, 1.54) is 12.1 Å². The standard InChI is InChI=1S/C16H18N2O4.C11H8O3.C5H12N2O2/c1-16(2,3)22-15(20)18-17-14(19)13-10-9-12(21-13)11-7-5-4-6-8-11;12-11(13)10-7-6-9(14-10)8-4-2-1-3-5-8;1-5(2,3)9-4(8)7-6/h4-10H,1-3H3,(H,17,19)(H,18,20);1-7H,(H,12,13);6H2,1-3H3,(H,7,8). The van der Waals surface area contributed by atoms with Gasteiger partial charge in [-0.25, -0.2) is 25.7 Å². The number of carboxylic acids is 1. The molecule has 0 spiro atoms. The van der Waals surface area contributed by atoms with Crippen molar-refractivity contribution < 1.29 is 42.6 Å². The van der Waals surface area contributed by atoms with E-state index in [1.807, 2.05) is 66.1 Å². The van der Waals surface area contributed by atoms with Gasteiger partial charge in [-0.3, -0.25) is 15.6 Å². The predicted molar refractivity (Wildman–Crippen MR) is 166 cm³/mol. The van der Waals surface area contributed by atoms with Crippen molar-refractivity contribution in [2.75, 3.05) is 0 Å².